The summed E-state index contributed by atoms with van der Waals surface area (Å²) in [4.78, 5) is 0. The first-order chi connectivity index (χ1) is 8.90. The number of rotatable bonds is 4. The summed E-state index contributed by atoms with van der Waals surface area (Å²) in [6.07, 6.45) is 6.25. The average molecular weight is 235 g/mol. The van der Waals surface area contributed by atoms with Crippen LogP contribution in [0, 0.1) is 0 Å². The van der Waals surface area contributed by atoms with Gasteiger partial charge in [-0.15, -0.1) is 0 Å². The van der Waals surface area contributed by atoms with E-state index < -0.39 is 0 Å². The average Bonchev–Trinajstić information content (AvgIpc) is 2.45. The minimum Gasteiger partial charge on any atom is -0.327 e. The van der Waals surface area contributed by atoms with Gasteiger partial charge in [0.25, 0.3) is 0 Å². The lowest BCUT2D eigenvalue weighted by Gasteiger charge is -2.02. The number of hydrogen-bond donors (Lipinski definition) is 1. The molecule has 2 N–H and O–H groups in total. The van der Waals surface area contributed by atoms with Crippen LogP contribution in [0.15, 0.2) is 72.8 Å². The summed E-state index contributed by atoms with van der Waals surface area (Å²) in [5.41, 5.74) is 9.16. The monoisotopic (exact) mass is 235 g/mol. The van der Waals surface area contributed by atoms with Crippen molar-refractivity contribution in [3.8, 4) is 0 Å². The highest BCUT2D eigenvalue weighted by Gasteiger charge is 1.95. The zero-order valence-electron chi connectivity index (χ0n) is 10.3. The maximum atomic E-state index is 5.63. The van der Waals surface area contributed by atoms with Crippen LogP contribution in [0.1, 0.15) is 11.1 Å². The predicted molar refractivity (Wildman–Crippen MR) is 78.9 cm³/mol. The summed E-state index contributed by atoms with van der Waals surface area (Å²) >= 11 is 0. The SMILES string of the molecule is NC/C=C(\C=C\c1ccccc1)c1ccccc1. The largest absolute Gasteiger partial charge is 0.327 e. The van der Waals surface area contributed by atoms with Gasteiger partial charge in [-0.2, -0.15) is 0 Å². The number of nitrogens with two attached hydrogens (primary N) is 1. The van der Waals surface area contributed by atoms with Crippen LogP contribution in [-0.2, 0) is 0 Å². The molecule has 0 fully saturated rings. The number of allylic oxidation sites excluding steroid dienone is 2. The molecular weight excluding hydrogens is 218 g/mol. The van der Waals surface area contributed by atoms with Crippen molar-refractivity contribution in [1.29, 1.82) is 0 Å². The Labute approximate surface area is 108 Å². The van der Waals surface area contributed by atoms with Crippen molar-refractivity contribution in [3.05, 3.63) is 83.9 Å². The van der Waals surface area contributed by atoms with Crippen LogP contribution >= 0.6 is 0 Å². The van der Waals surface area contributed by atoms with Crippen LogP contribution in [0.5, 0.6) is 0 Å². The van der Waals surface area contributed by atoms with Gasteiger partial charge in [0, 0.05) is 6.54 Å². The molecule has 0 unspecified atom stereocenters. The molecule has 2 aromatic rings. The second-order valence-corrected chi connectivity index (χ2v) is 4.01. The third-order valence-corrected chi connectivity index (χ3v) is 2.70. The molecule has 0 aliphatic carbocycles. The Kier molecular flexibility index (Phi) is 4.51. The number of hydrogen-bond acceptors (Lipinski definition) is 1. The fourth-order valence-electron chi connectivity index (χ4n) is 1.79. The molecule has 1 heteroatoms. The van der Waals surface area contributed by atoms with Crippen LogP contribution in [0.2, 0.25) is 0 Å². The molecule has 0 aliphatic rings. The molecule has 0 saturated heterocycles. The molecule has 0 spiro atoms. The lowest BCUT2D eigenvalue weighted by Crippen LogP contribution is -1.94. The first-order valence-corrected chi connectivity index (χ1v) is 6.09. The molecule has 0 atom stereocenters. The van der Waals surface area contributed by atoms with Crippen LogP contribution in [0.4, 0.5) is 0 Å². The summed E-state index contributed by atoms with van der Waals surface area (Å²) in [6, 6.07) is 20.5. The van der Waals surface area contributed by atoms with Crippen LogP contribution in [0.25, 0.3) is 11.6 Å². The normalized spacial score (nSPS) is 11.9. The third kappa shape index (κ3) is 3.44. The van der Waals surface area contributed by atoms with Crippen LogP contribution < -0.4 is 5.73 Å². The molecule has 18 heavy (non-hydrogen) atoms. The third-order valence-electron chi connectivity index (χ3n) is 2.70. The van der Waals surface area contributed by atoms with Gasteiger partial charge < -0.3 is 5.73 Å². The molecule has 0 saturated carbocycles. The predicted octanol–water partition coefficient (Wildman–Crippen LogP) is 3.74. The molecule has 0 bridgehead atoms. The molecule has 0 aromatic heterocycles. The topological polar surface area (TPSA) is 26.0 Å². The van der Waals surface area contributed by atoms with Crippen LogP contribution in [0.3, 0.4) is 0 Å². The van der Waals surface area contributed by atoms with Gasteiger partial charge in [-0.3, -0.25) is 0 Å². The van der Waals surface area contributed by atoms with Gasteiger partial charge in [0.15, 0.2) is 0 Å². The van der Waals surface area contributed by atoms with Crippen molar-refractivity contribution < 1.29 is 0 Å². The van der Waals surface area contributed by atoms with E-state index in [1.54, 1.807) is 0 Å². The standard InChI is InChI=1S/C17H17N/c18-14-13-17(16-9-5-2-6-10-16)12-11-15-7-3-1-4-8-15/h1-13H,14,18H2/b12-11+,17-13+. The van der Waals surface area contributed by atoms with Crippen LogP contribution in [-0.4, -0.2) is 6.54 Å². The summed E-state index contributed by atoms with van der Waals surface area (Å²) in [7, 11) is 0. The van der Waals surface area contributed by atoms with Crippen molar-refractivity contribution in [2.75, 3.05) is 6.54 Å². The summed E-state index contributed by atoms with van der Waals surface area (Å²) in [6.45, 7) is 0.545. The van der Waals surface area contributed by atoms with Gasteiger partial charge >= 0.3 is 0 Å². The van der Waals surface area contributed by atoms with Gasteiger partial charge in [0.2, 0.25) is 0 Å². The smallest absolute Gasteiger partial charge is 0.0115 e. The van der Waals surface area contributed by atoms with Crippen molar-refractivity contribution in [2.24, 2.45) is 5.73 Å². The quantitative estimate of drug-likeness (QED) is 0.803. The Morgan fingerprint density at radius 2 is 1.50 bits per heavy atom. The highest BCUT2D eigenvalue weighted by molar-refractivity contribution is 5.78. The Hall–Kier alpha value is -2.12. The van der Waals surface area contributed by atoms with E-state index in [9.17, 15) is 0 Å². The highest BCUT2D eigenvalue weighted by atomic mass is 14.5. The van der Waals surface area contributed by atoms with E-state index in [2.05, 4.69) is 36.4 Å². The minimum absolute atomic E-state index is 0.545. The van der Waals surface area contributed by atoms with Gasteiger partial charge in [-0.05, 0) is 16.7 Å². The summed E-state index contributed by atoms with van der Waals surface area (Å²) < 4.78 is 0. The summed E-state index contributed by atoms with van der Waals surface area (Å²) in [5, 5.41) is 0. The molecular formula is C17H17N. The molecule has 2 rings (SSSR count). The molecule has 2 aromatic carbocycles. The van der Waals surface area contributed by atoms with E-state index in [4.69, 9.17) is 5.73 Å². The van der Waals surface area contributed by atoms with Gasteiger partial charge in [0.1, 0.15) is 0 Å². The lowest BCUT2D eigenvalue weighted by atomic mass is 10.0. The van der Waals surface area contributed by atoms with Crippen molar-refractivity contribution in [2.45, 2.75) is 0 Å². The van der Waals surface area contributed by atoms with Gasteiger partial charge in [-0.1, -0.05) is 78.9 Å². The molecule has 90 valence electrons. The van der Waals surface area contributed by atoms with E-state index in [1.165, 1.54) is 11.1 Å². The van der Waals surface area contributed by atoms with E-state index in [0.29, 0.717) is 6.54 Å². The maximum Gasteiger partial charge on any atom is 0.0115 e. The Morgan fingerprint density at radius 3 is 2.11 bits per heavy atom. The Bertz CT molecular complexity index is 524. The van der Waals surface area contributed by atoms with Crippen molar-refractivity contribution >= 4 is 11.6 Å². The van der Waals surface area contributed by atoms with Crippen molar-refractivity contribution in [3.63, 3.8) is 0 Å². The second-order valence-electron chi connectivity index (χ2n) is 4.01. The minimum atomic E-state index is 0.545. The first-order valence-electron chi connectivity index (χ1n) is 6.09. The Balaban J connectivity index is 2.23. The molecule has 0 aliphatic heterocycles. The van der Waals surface area contributed by atoms with Gasteiger partial charge in [0.05, 0.1) is 0 Å². The van der Waals surface area contributed by atoms with E-state index in [0.717, 1.165) is 5.57 Å². The zero-order chi connectivity index (χ0) is 12.6. The molecule has 1 nitrogen and oxygen atoms in total. The fourth-order valence-corrected chi connectivity index (χ4v) is 1.79. The zero-order valence-corrected chi connectivity index (χ0v) is 10.3. The fraction of sp³-hybridized carbons (Fsp3) is 0.0588. The molecule has 0 amide bonds. The van der Waals surface area contributed by atoms with Gasteiger partial charge in [-0.25, -0.2) is 0 Å². The maximum absolute atomic E-state index is 5.63. The number of benzene rings is 2. The highest BCUT2D eigenvalue weighted by Crippen LogP contribution is 2.16. The second kappa shape index (κ2) is 6.58. The van der Waals surface area contributed by atoms with E-state index in [-0.39, 0.29) is 0 Å². The van der Waals surface area contributed by atoms with E-state index >= 15 is 0 Å². The lowest BCUT2D eigenvalue weighted by molar-refractivity contribution is 1.26. The molecule has 0 heterocycles. The van der Waals surface area contributed by atoms with Crippen molar-refractivity contribution in [1.82, 2.24) is 0 Å². The first kappa shape index (κ1) is 12.3. The van der Waals surface area contributed by atoms with E-state index in [1.807, 2.05) is 42.5 Å². The molecule has 0 radical (unpaired) electrons. The summed E-state index contributed by atoms with van der Waals surface area (Å²) in [5.74, 6) is 0. The Morgan fingerprint density at radius 1 is 0.889 bits per heavy atom.